The van der Waals surface area contributed by atoms with Crippen LogP contribution in [-0.2, 0) is 6.54 Å². The van der Waals surface area contributed by atoms with Crippen LogP contribution >= 0.6 is 27.3 Å². The number of halogens is 1. The highest BCUT2D eigenvalue weighted by Crippen LogP contribution is 2.34. The molecular formula is C22H18BrN3OS. The first kappa shape index (κ1) is 18.8. The number of anilines is 1. The van der Waals surface area contributed by atoms with E-state index in [2.05, 4.69) is 40.0 Å². The fourth-order valence-corrected chi connectivity index (χ4v) is 4.37. The third-order valence-electron chi connectivity index (χ3n) is 4.54. The maximum Gasteiger partial charge on any atom is 0.260 e. The highest BCUT2D eigenvalue weighted by molar-refractivity contribution is 9.10. The van der Waals surface area contributed by atoms with E-state index < -0.39 is 0 Å². The molecule has 0 aliphatic carbocycles. The zero-order valence-corrected chi connectivity index (χ0v) is 17.9. The summed E-state index contributed by atoms with van der Waals surface area (Å²) in [6.07, 6.45) is 1.74. The van der Waals surface area contributed by atoms with E-state index in [0.29, 0.717) is 17.2 Å². The number of hydrogen-bond donors (Lipinski definition) is 0. The van der Waals surface area contributed by atoms with Crippen molar-refractivity contribution in [3.05, 3.63) is 87.7 Å². The van der Waals surface area contributed by atoms with Crippen molar-refractivity contribution in [2.45, 2.75) is 20.4 Å². The van der Waals surface area contributed by atoms with Crippen molar-refractivity contribution in [2.75, 3.05) is 4.90 Å². The number of rotatable bonds is 4. The van der Waals surface area contributed by atoms with Gasteiger partial charge in [0.2, 0.25) is 0 Å². The lowest BCUT2D eigenvalue weighted by Crippen LogP contribution is -2.30. The third-order valence-corrected chi connectivity index (χ3v) is 6.29. The van der Waals surface area contributed by atoms with Gasteiger partial charge in [-0.1, -0.05) is 45.5 Å². The molecule has 0 unspecified atom stereocenters. The summed E-state index contributed by atoms with van der Waals surface area (Å²) < 4.78 is 2.05. The summed E-state index contributed by atoms with van der Waals surface area (Å²) in [5, 5.41) is 0.686. The molecule has 0 saturated heterocycles. The summed E-state index contributed by atoms with van der Waals surface area (Å²) in [6, 6.07) is 17.3. The Labute approximate surface area is 176 Å². The van der Waals surface area contributed by atoms with Crippen molar-refractivity contribution in [3.8, 4) is 0 Å². The Morgan fingerprint density at radius 2 is 1.79 bits per heavy atom. The lowest BCUT2D eigenvalue weighted by Gasteiger charge is -2.19. The van der Waals surface area contributed by atoms with Crippen molar-refractivity contribution in [2.24, 2.45) is 0 Å². The topological polar surface area (TPSA) is 46.1 Å². The molecule has 2 aromatic carbocycles. The minimum Gasteiger partial charge on any atom is -0.278 e. The van der Waals surface area contributed by atoms with Crippen molar-refractivity contribution in [3.63, 3.8) is 0 Å². The second kappa shape index (κ2) is 7.81. The van der Waals surface area contributed by atoms with Crippen LogP contribution in [0.25, 0.3) is 10.2 Å². The molecule has 6 heteroatoms. The number of fused-ring (bicyclic) bond motifs is 1. The molecule has 140 valence electrons. The maximum absolute atomic E-state index is 13.4. The van der Waals surface area contributed by atoms with Gasteiger partial charge in [-0.25, -0.2) is 4.98 Å². The predicted molar refractivity (Wildman–Crippen MR) is 118 cm³/mol. The van der Waals surface area contributed by atoms with E-state index in [9.17, 15) is 4.79 Å². The lowest BCUT2D eigenvalue weighted by atomic mass is 10.1. The van der Waals surface area contributed by atoms with Gasteiger partial charge in [-0.05, 0) is 61.4 Å². The Balaban J connectivity index is 1.80. The van der Waals surface area contributed by atoms with Crippen LogP contribution in [0.5, 0.6) is 0 Å². The Morgan fingerprint density at radius 1 is 1.04 bits per heavy atom. The average molecular weight is 452 g/mol. The zero-order valence-electron chi connectivity index (χ0n) is 15.5. The monoisotopic (exact) mass is 451 g/mol. The van der Waals surface area contributed by atoms with Gasteiger partial charge in [0, 0.05) is 16.2 Å². The molecule has 4 rings (SSSR count). The Hall–Kier alpha value is -2.57. The molecule has 0 aliphatic heterocycles. The molecule has 4 nitrogen and oxygen atoms in total. The number of pyridine rings is 1. The summed E-state index contributed by atoms with van der Waals surface area (Å²) in [7, 11) is 0. The lowest BCUT2D eigenvalue weighted by molar-refractivity contribution is 0.0985. The molecule has 0 saturated carbocycles. The van der Waals surface area contributed by atoms with Crippen molar-refractivity contribution in [1.82, 2.24) is 9.97 Å². The van der Waals surface area contributed by atoms with E-state index in [1.807, 2.05) is 49.4 Å². The molecule has 0 aliphatic rings. The maximum atomic E-state index is 13.4. The van der Waals surface area contributed by atoms with Gasteiger partial charge in [0.05, 0.1) is 22.5 Å². The average Bonchev–Trinajstić information content (AvgIpc) is 3.16. The largest absolute Gasteiger partial charge is 0.278 e. The number of thiazole rings is 1. The van der Waals surface area contributed by atoms with Crippen LogP contribution in [0.4, 0.5) is 5.13 Å². The van der Waals surface area contributed by atoms with Gasteiger partial charge in [-0.2, -0.15) is 0 Å². The number of hydrogen-bond acceptors (Lipinski definition) is 4. The highest BCUT2D eigenvalue weighted by Gasteiger charge is 2.23. The van der Waals surface area contributed by atoms with Gasteiger partial charge in [-0.15, -0.1) is 0 Å². The van der Waals surface area contributed by atoms with Gasteiger partial charge >= 0.3 is 0 Å². The Bertz CT molecular complexity index is 1100. The number of nitrogens with zero attached hydrogens (tertiary/aromatic N) is 3. The van der Waals surface area contributed by atoms with Crippen LogP contribution in [0.2, 0.25) is 0 Å². The summed E-state index contributed by atoms with van der Waals surface area (Å²) in [5.74, 6) is -0.0903. The van der Waals surface area contributed by atoms with Crippen molar-refractivity contribution >= 4 is 48.5 Å². The van der Waals surface area contributed by atoms with E-state index in [1.165, 1.54) is 5.56 Å². The number of aromatic nitrogens is 2. The van der Waals surface area contributed by atoms with Crippen molar-refractivity contribution < 1.29 is 4.79 Å². The summed E-state index contributed by atoms with van der Waals surface area (Å²) in [4.78, 5) is 24.3. The van der Waals surface area contributed by atoms with Crippen LogP contribution in [0.15, 0.2) is 65.3 Å². The number of carbonyl (C=O) groups excluding carboxylic acids is 1. The quantitative estimate of drug-likeness (QED) is 0.386. The van der Waals surface area contributed by atoms with E-state index in [-0.39, 0.29) is 5.91 Å². The molecule has 0 fully saturated rings. The van der Waals surface area contributed by atoms with Gasteiger partial charge < -0.3 is 0 Å². The first-order valence-corrected chi connectivity index (χ1v) is 10.5. The summed E-state index contributed by atoms with van der Waals surface area (Å²) in [6.45, 7) is 4.49. The number of aryl methyl sites for hydroxylation is 2. The highest BCUT2D eigenvalue weighted by atomic mass is 79.9. The predicted octanol–water partition coefficient (Wildman–Crippen LogP) is 5.92. The zero-order chi connectivity index (χ0) is 19.7. The minimum atomic E-state index is -0.0903. The van der Waals surface area contributed by atoms with Crippen molar-refractivity contribution in [1.29, 1.82) is 0 Å². The molecule has 1 amide bonds. The van der Waals surface area contributed by atoms with Crippen LogP contribution in [0.3, 0.4) is 0 Å². The van der Waals surface area contributed by atoms with Gasteiger partial charge in [0.1, 0.15) is 0 Å². The molecule has 2 aromatic heterocycles. The van der Waals surface area contributed by atoms with Gasteiger partial charge in [0.25, 0.3) is 5.91 Å². The molecule has 0 bridgehead atoms. The fraction of sp³-hybridized carbons (Fsp3) is 0.136. The van der Waals surface area contributed by atoms with Crippen LogP contribution in [0, 0.1) is 13.8 Å². The first-order valence-electron chi connectivity index (χ1n) is 8.87. The molecule has 28 heavy (non-hydrogen) atoms. The molecule has 0 spiro atoms. The van der Waals surface area contributed by atoms with Crippen LogP contribution < -0.4 is 4.90 Å². The number of amides is 1. The minimum absolute atomic E-state index is 0.0903. The molecule has 2 heterocycles. The van der Waals surface area contributed by atoms with Gasteiger partial charge in [-0.3, -0.25) is 14.7 Å². The summed E-state index contributed by atoms with van der Waals surface area (Å²) in [5.41, 5.74) is 4.66. The second-order valence-electron chi connectivity index (χ2n) is 6.59. The Kier molecular flexibility index (Phi) is 5.24. The fourth-order valence-electron chi connectivity index (χ4n) is 2.99. The van der Waals surface area contributed by atoms with E-state index in [0.717, 1.165) is 25.9 Å². The molecule has 0 radical (unpaired) electrons. The molecule has 4 aromatic rings. The van der Waals surface area contributed by atoms with Crippen LogP contribution in [-0.4, -0.2) is 15.9 Å². The number of carbonyl (C=O) groups is 1. The van der Waals surface area contributed by atoms with E-state index in [4.69, 9.17) is 4.98 Å². The SMILES string of the molecule is Cc1ccc(C)c2sc(N(Cc3ccccn3)C(=O)c3ccc(Br)cc3)nc12. The normalized spacial score (nSPS) is 11.0. The molecule has 0 N–H and O–H groups in total. The first-order chi connectivity index (χ1) is 13.5. The standard InChI is InChI=1S/C22H18BrN3OS/c1-14-6-7-15(2)20-19(14)25-22(28-20)26(13-18-5-3-4-12-24-18)21(27)16-8-10-17(23)11-9-16/h3-12H,13H2,1-2H3. The van der Waals surface area contributed by atoms with E-state index in [1.54, 1.807) is 22.4 Å². The molecular weight excluding hydrogens is 434 g/mol. The second-order valence-corrected chi connectivity index (χ2v) is 8.49. The number of benzene rings is 2. The smallest absolute Gasteiger partial charge is 0.260 e. The third kappa shape index (κ3) is 3.70. The van der Waals surface area contributed by atoms with Crippen LogP contribution in [0.1, 0.15) is 27.2 Å². The van der Waals surface area contributed by atoms with E-state index >= 15 is 0 Å². The Morgan fingerprint density at radius 3 is 2.46 bits per heavy atom. The summed E-state index contributed by atoms with van der Waals surface area (Å²) >= 11 is 4.97. The van der Waals surface area contributed by atoms with Gasteiger partial charge in [0.15, 0.2) is 5.13 Å². The molecule has 0 atom stereocenters.